The number of hydrogen-bond donors (Lipinski definition) is 1. The second kappa shape index (κ2) is 12.6. The highest BCUT2D eigenvalue weighted by molar-refractivity contribution is 7.99. The maximum atomic E-state index is 12.5. The van der Waals surface area contributed by atoms with Gasteiger partial charge in [0.2, 0.25) is 0 Å². The van der Waals surface area contributed by atoms with Crippen LogP contribution in [0.5, 0.6) is 5.75 Å². The van der Waals surface area contributed by atoms with Gasteiger partial charge < -0.3 is 4.74 Å². The molecule has 2 aromatic heterocycles. The first-order valence-electron chi connectivity index (χ1n) is 12.3. The van der Waals surface area contributed by atoms with Gasteiger partial charge in [-0.2, -0.15) is 5.10 Å². The third-order valence-electron chi connectivity index (χ3n) is 5.70. The SMILES string of the molecule is Cc1ccc(C(=O)Oc2ccc(/C=N\NC(=O)CSc3nnc(-c4ccncc4)n3-c3ccccc3)cc2)cc1. The van der Waals surface area contributed by atoms with Gasteiger partial charge in [-0.1, -0.05) is 47.7 Å². The van der Waals surface area contributed by atoms with Crippen LogP contribution in [0.2, 0.25) is 0 Å². The highest BCUT2D eigenvalue weighted by Crippen LogP contribution is 2.27. The fourth-order valence-corrected chi connectivity index (χ4v) is 4.42. The van der Waals surface area contributed by atoms with E-state index in [-0.39, 0.29) is 11.7 Å². The highest BCUT2D eigenvalue weighted by atomic mass is 32.2. The van der Waals surface area contributed by atoms with Crippen LogP contribution in [0, 0.1) is 6.92 Å². The number of carbonyl (C=O) groups excluding carboxylic acids is 2. The van der Waals surface area contributed by atoms with E-state index in [1.165, 1.54) is 18.0 Å². The van der Waals surface area contributed by atoms with Gasteiger partial charge in [0.25, 0.3) is 5.91 Å². The zero-order valence-corrected chi connectivity index (χ0v) is 22.3. The van der Waals surface area contributed by atoms with Crippen molar-refractivity contribution in [3.8, 4) is 22.8 Å². The van der Waals surface area contributed by atoms with E-state index in [9.17, 15) is 9.59 Å². The van der Waals surface area contributed by atoms with Crippen molar-refractivity contribution in [1.29, 1.82) is 0 Å². The summed E-state index contributed by atoms with van der Waals surface area (Å²) in [5.74, 6) is 0.437. The van der Waals surface area contributed by atoms with Crippen molar-refractivity contribution in [2.24, 2.45) is 5.10 Å². The van der Waals surface area contributed by atoms with Crippen LogP contribution in [0.4, 0.5) is 0 Å². The molecule has 0 aliphatic carbocycles. The predicted octanol–water partition coefficient (Wildman–Crippen LogP) is 5.10. The van der Waals surface area contributed by atoms with Crippen molar-refractivity contribution in [2.75, 3.05) is 5.75 Å². The first-order valence-corrected chi connectivity index (χ1v) is 13.3. The van der Waals surface area contributed by atoms with Crippen LogP contribution in [0.1, 0.15) is 21.5 Å². The van der Waals surface area contributed by atoms with Crippen molar-refractivity contribution in [3.63, 3.8) is 0 Å². The minimum Gasteiger partial charge on any atom is -0.423 e. The number of pyridine rings is 1. The number of benzene rings is 3. The molecule has 1 amide bonds. The number of hydrogen-bond acceptors (Lipinski definition) is 8. The summed E-state index contributed by atoms with van der Waals surface area (Å²) in [6, 6.07) is 27.4. The van der Waals surface area contributed by atoms with E-state index in [1.807, 2.05) is 66.1 Å². The molecular weight excluding hydrogens is 524 g/mol. The van der Waals surface area contributed by atoms with E-state index in [0.717, 1.165) is 22.4 Å². The average Bonchev–Trinajstić information content (AvgIpc) is 3.42. The fourth-order valence-electron chi connectivity index (χ4n) is 3.68. The number of nitrogens with zero attached hydrogens (tertiary/aromatic N) is 5. The van der Waals surface area contributed by atoms with E-state index < -0.39 is 5.97 Å². The number of rotatable bonds is 9. The molecule has 0 atom stereocenters. The molecular formula is C30H24N6O3S. The summed E-state index contributed by atoms with van der Waals surface area (Å²) in [7, 11) is 0. The molecule has 0 aliphatic rings. The lowest BCUT2D eigenvalue weighted by atomic mass is 10.1. The van der Waals surface area contributed by atoms with Crippen LogP contribution >= 0.6 is 11.8 Å². The molecule has 0 fully saturated rings. The Kier molecular flexibility index (Phi) is 8.38. The zero-order chi connectivity index (χ0) is 27.7. The molecule has 5 rings (SSSR count). The van der Waals surface area contributed by atoms with Gasteiger partial charge in [-0.15, -0.1) is 10.2 Å². The minimum absolute atomic E-state index is 0.0898. The average molecular weight is 549 g/mol. The molecule has 0 bridgehead atoms. The van der Waals surface area contributed by atoms with Crippen LogP contribution in [0.3, 0.4) is 0 Å². The van der Waals surface area contributed by atoms with E-state index in [2.05, 4.69) is 25.7 Å². The van der Waals surface area contributed by atoms with Crippen molar-refractivity contribution in [3.05, 3.63) is 120 Å². The van der Waals surface area contributed by atoms with Crippen LogP contribution < -0.4 is 10.2 Å². The topological polar surface area (TPSA) is 111 Å². The number of aromatic nitrogens is 4. The Labute approximate surface area is 235 Å². The summed E-state index contributed by atoms with van der Waals surface area (Å²) < 4.78 is 7.32. The number of carbonyl (C=O) groups is 2. The largest absolute Gasteiger partial charge is 0.423 e. The van der Waals surface area contributed by atoms with Crippen LogP contribution in [-0.2, 0) is 4.79 Å². The van der Waals surface area contributed by atoms with Crippen molar-refractivity contribution in [1.82, 2.24) is 25.2 Å². The standard InChI is InChI=1S/C30H24N6O3S/c1-21-7-11-24(12-8-21)29(38)39-26-13-9-22(10-14-26)19-32-33-27(37)20-40-30-35-34-28(23-15-17-31-18-16-23)36(30)25-5-3-2-4-6-25/h2-19H,20H2,1H3,(H,33,37)/b32-19-. The van der Waals surface area contributed by atoms with Crippen molar-refractivity contribution in [2.45, 2.75) is 12.1 Å². The molecule has 198 valence electrons. The summed E-state index contributed by atoms with van der Waals surface area (Å²) in [6.07, 6.45) is 4.91. The number of amides is 1. The number of aryl methyl sites for hydroxylation is 1. The normalized spacial score (nSPS) is 10.9. The van der Waals surface area contributed by atoms with E-state index in [4.69, 9.17) is 4.74 Å². The molecule has 9 nitrogen and oxygen atoms in total. The predicted molar refractivity (Wildman–Crippen MR) is 154 cm³/mol. The molecule has 10 heteroatoms. The maximum absolute atomic E-state index is 12.5. The van der Waals surface area contributed by atoms with Gasteiger partial charge in [0, 0.05) is 23.6 Å². The number of esters is 1. The molecule has 2 heterocycles. The lowest BCUT2D eigenvalue weighted by Crippen LogP contribution is -2.20. The van der Waals surface area contributed by atoms with Crippen LogP contribution in [-0.4, -0.2) is 43.6 Å². The van der Waals surface area contributed by atoms with E-state index >= 15 is 0 Å². The van der Waals surface area contributed by atoms with Crippen LogP contribution in [0.25, 0.3) is 17.1 Å². The Morgan fingerprint density at radius 3 is 2.38 bits per heavy atom. The number of thioether (sulfide) groups is 1. The Morgan fingerprint density at radius 1 is 0.925 bits per heavy atom. The van der Waals surface area contributed by atoms with Crippen molar-refractivity contribution >= 4 is 29.9 Å². The number of ether oxygens (including phenoxy) is 1. The molecule has 0 unspecified atom stereocenters. The lowest BCUT2D eigenvalue weighted by Gasteiger charge is -2.10. The molecule has 5 aromatic rings. The summed E-state index contributed by atoms with van der Waals surface area (Å²) in [5.41, 5.74) is 6.55. The molecule has 0 radical (unpaired) electrons. The van der Waals surface area contributed by atoms with Gasteiger partial charge in [-0.25, -0.2) is 10.2 Å². The molecule has 0 saturated heterocycles. The van der Waals surface area contributed by atoms with Gasteiger partial charge in [0.15, 0.2) is 11.0 Å². The van der Waals surface area contributed by atoms with E-state index in [1.54, 1.807) is 48.8 Å². The van der Waals surface area contributed by atoms with Gasteiger partial charge in [-0.05, 0) is 73.2 Å². The third kappa shape index (κ3) is 6.66. The summed E-state index contributed by atoms with van der Waals surface area (Å²) in [6.45, 7) is 1.95. The number of nitrogens with one attached hydrogen (secondary N) is 1. The molecule has 3 aromatic carbocycles. The number of para-hydroxylation sites is 1. The number of hydrazone groups is 1. The third-order valence-corrected chi connectivity index (χ3v) is 6.63. The highest BCUT2D eigenvalue weighted by Gasteiger charge is 2.17. The van der Waals surface area contributed by atoms with Crippen molar-refractivity contribution < 1.29 is 14.3 Å². The Bertz CT molecular complexity index is 1620. The van der Waals surface area contributed by atoms with Gasteiger partial charge in [0.1, 0.15) is 5.75 Å². The van der Waals surface area contributed by atoms with Gasteiger partial charge in [0.05, 0.1) is 17.5 Å². The Balaban J connectivity index is 1.17. The van der Waals surface area contributed by atoms with Gasteiger partial charge >= 0.3 is 5.97 Å². The summed E-state index contributed by atoms with van der Waals surface area (Å²) >= 11 is 1.26. The molecule has 1 N–H and O–H groups in total. The molecule has 0 spiro atoms. The Hall–Kier alpha value is -5.09. The minimum atomic E-state index is -0.429. The first-order chi connectivity index (χ1) is 19.6. The Morgan fingerprint density at radius 2 is 1.65 bits per heavy atom. The van der Waals surface area contributed by atoms with Gasteiger partial charge in [-0.3, -0.25) is 14.3 Å². The second-order valence-corrected chi connectivity index (χ2v) is 9.56. The fraction of sp³-hybridized carbons (Fsp3) is 0.0667. The zero-order valence-electron chi connectivity index (χ0n) is 21.5. The molecule has 0 aliphatic heterocycles. The monoisotopic (exact) mass is 548 g/mol. The summed E-state index contributed by atoms with van der Waals surface area (Å²) in [4.78, 5) is 28.9. The lowest BCUT2D eigenvalue weighted by molar-refractivity contribution is -0.118. The molecule has 40 heavy (non-hydrogen) atoms. The first kappa shape index (κ1) is 26.5. The summed E-state index contributed by atoms with van der Waals surface area (Å²) in [5, 5.41) is 13.3. The quantitative estimate of drug-likeness (QED) is 0.0897. The maximum Gasteiger partial charge on any atom is 0.343 e. The smallest absolute Gasteiger partial charge is 0.343 e. The van der Waals surface area contributed by atoms with Crippen LogP contribution in [0.15, 0.2) is 114 Å². The second-order valence-electron chi connectivity index (χ2n) is 8.62. The van der Waals surface area contributed by atoms with E-state index in [0.29, 0.717) is 22.3 Å². The molecule has 0 saturated carbocycles.